The lowest BCUT2D eigenvalue weighted by molar-refractivity contribution is 0.448. The fraction of sp³-hybridized carbons (Fsp3) is 0.545. The summed E-state index contributed by atoms with van der Waals surface area (Å²) in [6.45, 7) is 11.8. The molecule has 144 valence electrons. The highest BCUT2D eigenvalue weighted by atomic mass is 15.1. The second-order valence-electron chi connectivity index (χ2n) is 8.46. The molecule has 5 nitrogen and oxygen atoms in total. The van der Waals surface area contributed by atoms with Gasteiger partial charge in [0.25, 0.3) is 0 Å². The van der Waals surface area contributed by atoms with Crippen molar-refractivity contribution in [3.8, 4) is 0 Å². The molecule has 0 aliphatic carbocycles. The largest absolute Gasteiger partial charge is 0.380 e. The lowest BCUT2D eigenvalue weighted by atomic mass is 9.85. The van der Waals surface area contributed by atoms with Gasteiger partial charge < -0.3 is 16.0 Å². The first kappa shape index (κ1) is 18.1. The minimum atomic E-state index is 0.439. The first-order valence-electron chi connectivity index (χ1n) is 10.2. The van der Waals surface area contributed by atoms with E-state index >= 15 is 0 Å². The number of nitrogens with one attached hydrogen (secondary N) is 3. The Morgan fingerprint density at radius 3 is 2.70 bits per heavy atom. The SMILES string of the molecule is Cc1cc2c(nc1[C@H](C)CC1CNc3ncc(C(C)C)cc3C1)NCCN2. The Bertz CT molecular complexity index is 830. The normalized spacial score (nSPS) is 19.4. The van der Waals surface area contributed by atoms with E-state index in [-0.39, 0.29) is 0 Å². The summed E-state index contributed by atoms with van der Waals surface area (Å²) in [5.41, 5.74) is 6.34. The average molecular weight is 366 g/mol. The van der Waals surface area contributed by atoms with Crippen molar-refractivity contribution in [2.45, 2.75) is 52.4 Å². The summed E-state index contributed by atoms with van der Waals surface area (Å²) in [5, 5.41) is 10.4. The van der Waals surface area contributed by atoms with E-state index in [0.29, 0.717) is 17.8 Å². The number of anilines is 3. The van der Waals surface area contributed by atoms with E-state index in [1.807, 2.05) is 6.20 Å². The average Bonchev–Trinajstić information content (AvgIpc) is 2.66. The Hall–Kier alpha value is -2.30. The van der Waals surface area contributed by atoms with Gasteiger partial charge in [0, 0.05) is 31.5 Å². The minimum Gasteiger partial charge on any atom is -0.380 e. The van der Waals surface area contributed by atoms with Gasteiger partial charge in [-0.25, -0.2) is 9.97 Å². The fourth-order valence-corrected chi connectivity index (χ4v) is 4.34. The van der Waals surface area contributed by atoms with Crippen molar-refractivity contribution >= 4 is 17.3 Å². The molecule has 0 spiro atoms. The van der Waals surface area contributed by atoms with Crippen molar-refractivity contribution < 1.29 is 0 Å². The molecule has 4 rings (SSSR count). The second kappa shape index (κ2) is 7.37. The summed E-state index contributed by atoms with van der Waals surface area (Å²) >= 11 is 0. The number of aromatic nitrogens is 2. The van der Waals surface area contributed by atoms with Gasteiger partial charge in [-0.3, -0.25) is 0 Å². The summed E-state index contributed by atoms with van der Waals surface area (Å²) in [5.74, 6) is 3.65. The second-order valence-corrected chi connectivity index (χ2v) is 8.46. The number of hydrogen-bond donors (Lipinski definition) is 3. The lowest BCUT2D eigenvalue weighted by Crippen LogP contribution is -2.26. The van der Waals surface area contributed by atoms with E-state index in [2.05, 4.69) is 60.8 Å². The topological polar surface area (TPSA) is 61.9 Å². The van der Waals surface area contributed by atoms with E-state index in [1.165, 1.54) is 22.4 Å². The monoisotopic (exact) mass is 365 g/mol. The molecule has 0 fully saturated rings. The van der Waals surface area contributed by atoms with Crippen LogP contribution in [-0.2, 0) is 6.42 Å². The van der Waals surface area contributed by atoms with E-state index in [9.17, 15) is 0 Å². The fourth-order valence-electron chi connectivity index (χ4n) is 4.34. The molecule has 2 aromatic heterocycles. The summed E-state index contributed by atoms with van der Waals surface area (Å²) in [7, 11) is 0. The maximum atomic E-state index is 4.95. The minimum absolute atomic E-state index is 0.439. The highest BCUT2D eigenvalue weighted by Gasteiger charge is 2.24. The summed E-state index contributed by atoms with van der Waals surface area (Å²) in [4.78, 5) is 9.59. The molecule has 0 saturated carbocycles. The van der Waals surface area contributed by atoms with Crippen molar-refractivity contribution in [1.29, 1.82) is 0 Å². The molecule has 2 aliphatic heterocycles. The Balaban J connectivity index is 1.49. The molecule has 0 saturated heterocycles. The highest BCUT2D eigenvalue weighted by molar-refractivity contribution is 5.68. The maximum absolute atomic E-state index is 4.95. The third-order valence-corrected chi connectivity index (χ3v) is 5.86. The molecule has 2 aromatic rings. The zero-order chi connectivity index (χ0) is 19.0. The smallest absolute Gasteiger partial charge is 0.149 e. The molecule has 0 bridgehead atoms. The molecule has 4 heterocycles. The van der Waals surface area contributed by atoms with Gasteiger partial charge in [0.1, 0.15) is 11.6 Å². The van der Waals surface area contributed by atoms with Gasteiger partial charge in [-0.1, -0.05) is 26.8 Å². The lowest BCUT2D eigenvalue weighted by Gasteiger charge is -2.29. The molecule has 2 aliphatic rings. The molecule has 3 N–H and O–H groups in total. The van der Waals surface area contributed by atoms with Crippen molar-refractivity contribution in [1.82, 2.24) is 9.97 Å². The Morgan fingerprint density at radius 2 is 1.89 bits per heavy atom. The van der Waals surface area contributed by atoms with Gasteiger partial charge in [0.2, 0.25) is 0 Å². The van der Waals surface area contributed by atoms with E-state index < -0.39 is 0 Å². The predicted molar refractivity (Wildman–Crippen MR) is 113 cm³/mol. The molecule has 27 heavy (non-hydrogen) atoms. The number of fused-ring (bicyclic) bond motifs is 2. The predicted octanol–water partition coefficient (Wildman–Crippen LogP) is 4.52. The van der Waals surface area contributed by atoms with Crippen molar-refractivity contribution in [2.24, 2.45) is 5.92 Å². The molecule has 0 radical (unpaired) electrons. The number of pyridine rings is 2. The van der Waals surface area contributed by atoms with Crippen LogP contribution in [0.1, 0.15) is 61.4 Å². The number of aryl methyl sites for hydroxylation is 1. The van der Waals surface area contributed by atoms with Crippen LogP contribution < -0.4 is 16.0 Å². The van der Waals surface area contributed by atoms with Crippen LogP contribution in [0.4, 0.5) is 17.3 Å². The first-order chi connectivity index (χ1) is 13.0. The first-order valence-corrected chi connectivity index (χ1v) is 10.2. The molecule has 0 aromatic carbocycles. The third-order valence-electron chi connectivity index (χ3n) is 5.86. The van der Waals surface area contributed by atoms with Gasteiger partial charge in [0.05, 0.1) is 5.69 Å². The molecule has 0 amide bonds. The zero-order valence-electron chi connectivity index (χ0n) is 16.9. The molecular weight excluding hydrogens is 334 g/mol. The van der Waals surface area contributed by atoms with Gasteiger partial charge in [-0.05, 0) is 60.3 Å². The van der Waals surface area contributed by atoms with Crippen LogP contribution in [0, 0.1) is 12.8 Å². The summed E-state index contributed by atoms with van der Waals surface area (Å²) in [6, 6.07) is 4.59. The van der Waals surface area contributed by atoms with Crippen molar-refractivity contribution in [3.63, 3.8) is 0 Å². The van der Waals surface area contributed by atoms with E-state index in [1.54, 1.807) is 0 Å². The quantitative estimate of drug-likeness (QED) is 0.743. The van der Waals surface area contributed by atoms with Crippen LogP contribution in [0.3, 0.4) is 0 Å². The number of rotatable bonds is 4. The van der Waals surface area contributed by atoms with Gasteiger partial charge in [0.15, 0.2) is 0 Å². The van der Waals surface area contributed by atoms with Crippen LogP contribution in [0.25, 0.3) is 0 Å². The number of nitrogens with zero attached hydrogens (tertiary/aromatic N) is 2. The van der Waals surface area contributed by atoms with Crippen LogP contribution in [0.2, 0.25) is 0 Å². The van der Waals surface area contributed by atoms with Crippen molar-refractivity contribution in [3.05, 3.63) is 40.7 Å². The number of hydrogen-bond acceptors (Lipinski definition) is 5. The highest BCUT2D eigenvalue weighted by Crippen LogP contribution is 2.34. The standard InChI is InChI=1S/C22H31N5/c1-13(2)18-10-17-9-16(11-25-21(17)26-12-18)7-14(3)20-15(4)8-19-22(27-20)24-6-5-23-19/h8,10,12-14,16,23H,5-7,9,11H2,1-4H3,(H,24,27)(H,25,26)/t14-,16?/m1/s1. The summed E-state index contributed by atoms with van der Waals surface area (Å²) < 4.78 is 0. The van der Waals surface area contributed by atoms with Crippen LogP contribution >= 0.6 is 0 Å². The molecule has 5 heteroatoms. The van der Waals surface area contributed by atoms with E-state index in [0.717, 1.165) is 49.8 Å². The van der Waals surface area contributed by atoms with Crippen LogP contribution in [0.5, 0.6) is 0 Å². The van der Waals surface area contributed by atoms with E-state index in [4.69, 9.17) is 4.98 Å². The van der Waals surface area contributed by atoms with Gasteiger partial charge in [-0.15, -0.1) is 0 Å². The zero-order valence-corrected chi connectivity index (χ0v) is 16.9. The Labute approximate surface area is 162 Å². The molecular formula is C22H31N5. The molecule has 1 unspecified atom stereocenters. The van der Waals surface area contributed by atoms with Crippen molar-refractivity contribution in [2.75, 3.05) is 35.6 Å². The van der Waals surface area contributed by atoms with Crippen LogP contribution in [-0.4, -0.2) is 29.6 Å². The van der Waals surface area contributed by atoms with Gasteiger partial charge in [-0.2, -0.15) is 0 Å². The molecule has 2 atom stereocenters. The van der Waals surface area contributed by atoms with Crippen LogP contribution in [0.15, 0.2) is 18.3 Å². The summed E-state index contributed by atoms with van der Waals surface area (Å²) in [6.07, 6.45) is 4.25. The maximum Gasteiger partial charge on any atom is 0.149 e. The Morgan fingerprint density at radius 1 is 1.07 bits per heavy atom. The third kappa shape index (κ3) is 3.73. The Kier molecular flexibility index (Phi) is 4.94. The van der Waals surface area contributed by atoms with Gasteiger partial charge >= 0.3 is 0 Å².